The lowest BCUT2D eigenvalue weighted by atomic mass is 10.1. The van der Waals surface area contributed by atoms with Crippen LogP contribution in [0, 0.1) is 11.6 Å². The van der Waals surface area contributed by atoms with Gasteiger partial charge in [0.25, 0.3) is 0 Å². The van der Waals surface area contributed by atoms with Crippen molar-refractivity contribution in [3.63, 3.8) is 0 Å². The Bertz CT molecular complexity index is 739. The van der Waals surface area contributed by atoms with Crippen LogP contribution in [-0.4, -0.2) is 56.5 Å². The molecule has 142 valence electrons. The maximum absolute atomic E-state index is 13.6. The highest BCUT2D eigenvalue weighted by molar-refractivity contribution is 14.0. The second kappa shape index (κ2) is 8.61. The molecule has 1 aromatic carbocycles. The Labute approximate surface area is 164 Å². The number of hydrogen-bond donors (Lipinski definition) is 1. The van der Waals surface area contributed by atoms with Crippen molar-refractivity contribution in [2.24, 2.45) is 4.99 Å². The summed E-state index contributed by atoms with van der Waals surface area (Å²) in [5.41, 5.74) is 0.291. The molecule has 0 bridgehead atoms. The van der Waals surface area contributed by atoms with E-state index in [4.69, 9.17) is 0 Å². The van der Waals surface area contributed by atoms with Gasteiger partial charge in [-0.25, -0.2) is 17.2 Å². The zero-order chi connectivity index (χ0) is 18.0. The Morgan fingerprint density at radius 1 is 1.36 bits per heavy atom. The van der Waals surface area contributed by atoms with Crippen LogP contribution in [0.3, 0.4) is 0 Å². The summed E-state index contributed by atoms with van der Waals surface area (Å²) in [5, 5.41) is 3.09. The van der Waals surface area contributed by atoms with Crippen LogP contribution in [0.1, 0.15) is 19.4 Å². The molecular formula is C16H24F2IN3O2S. The lowest BCUT2D eigenvalue weighted by Crippen LogP contribution is -2.57. The first-order valence-corrected chi connectivity index (χ1v) is 9.43. The predicted octanol–water partition coefficient (Wildman–Crippen LogP) is 2.21. The van der Waals surface area contributed by atoms with Crippen LogP contribution in [0.25, 0.3) is 0 Å². The number of guanidine groups is 1. The summed E-state index contributed by atoms with van der Waals surface area (Å²) in [5.74, 6) is -0.286. The van der Waals surface area contributed by atoms with Crippen LogP contribution in [0.15, 0.2) is 23.2 Å². The average Bonchev–Trinajstić information content (AvgIpc) is 2.50. The van der Waals surface area contributed by atoms with E-state index in [-0.39, 0.29) is 29.7 Å². The van der Waals surface area contributed by atoms with Crippen molar-refractivity contribution >= 4 is 39.8 Å². The van der Waals surface area contributed by atoms with Crippen LogP contribution in [0.2, 0.25) is 0 Å². The van der Waals surface area contributed by atoms with Crippen molar-refractivity contribution < 1.29 is 17.2 Å². The van der Waals surface area contributed by atoms with Crippen molar-refractivity contribution in [3.05, 3.63) is 35.4 Å². The predicted molar refractivity (Wildman–Crippen MR) is 106 cm³/mol. The Hall–Kier alpha value is -0.970. The topological polar surface area (TPSA) is 61.8 Å². The van der Waals surface area contributed by atoms with E-state index in [0.29, 0.717) is 37.6 Å². The minimum atomic E-state index is -3.13. The number of nitrogens with zero attached hydrogens (tertiary/aromatic N) is 2. The number of rotatable bonds is 3. The summed E-state index contributed by atoms with van der Waals surface area (Å²) < 4.78 is 50.1. The van der Waals surface area contributed by atoms with Crippen LogP contribution in [0.4, 0.5) is 8.78 Å². The van der Waals surface area contributed by atoms with Gasteiger partial charge in [0.2, 0.25) is 0 Å². The zero-order valence-electron chi connectivity index (χ0n) is 14.6. The Morgan fingerprint density at radius 3 is 2.64 bits per heavy atom. The van der Waals surface area contributed by atoms with E-state index in [2.05, 4.69) is 10.3 Å². The quantitative estimate of drug-likeness (QED) is 0.404. The molecular weight excluding hydrogens is 463 g/mol. The Kier molecular flexibility index (Phi) is 7.60. The van der Waals surface area contributed by atoms with Crippen molar-refractivity contribution in [2.75, 3.05) is 32.4 Å². The average molecular weight is 487 g/mol. The van der Waals surface area contributed by atoms with Gasteiger partial charge in [0.15, 0.2) is 15.8 Å². The molecule has 0 aromatic heterocycles. The molecule has 0 amide bonds. The van der Waals surface area contributed by atoms with E-state index in [9.17, 15) is 17.2 Å². The van der Waals surface area contributed by atoms with E-state index in [1.54, 1.807) is 20.9 Å². The third-order valence-electron chi connectivity index (χ3n) is 4.24. The van der Waals surface area contributed by atoms with Gasteiger partial charge in [-0.05, 0) is 44.0 Å². The molecule has 1 N–H and O–H groups in total. The maximum atomic E-state index is 13.6. The molecule has 5 nitrogen and oxygen atoms in total. The van der Waals surface area contributed by atoms with Crippen molar-refractivity contribution in [2.45, 2.75) is 25.0 Å². The molecule has 0 spiro atoms. The van der Waals surface area contributed by atoms with E-state index in [0.717, 1.165) is 12.1 Å². The molecule has 9 heteroatoms. The van der Waals surface area contributed by atoms with Gasteiger partial charge in [-0.3, -0.25) is 4.99 Å². The number of hydrogen-bond acceptors (Lipinski definition) is 3. The minimum Gasteiger partial charge on any atom is -0.356 e. The van der Waals surface area contributed by atoms with Crippen LogP contribution in [0.5, 0.6) is 0 Å². The molecule has 25 heavy (non-hydrogen) atoms. The number of benzene rings is 1. The standard InChI is InChI=1S/C16H23F2N3O2S.HI/c1-16(2)11-21(8-9-24(16,22)23)15(19-3)20-7-6-12-10-13(17)4-5-14(12)18;/h4-5,10H,6-9,11H2,1-3H3,(H,19,20);1H. The van der Waals surface area contributed by atoms with Gasteiger partial charge in [0, 0.05) is 26.7 Å². The van der Waals surface area contributed by atoms with E-state index in [1.807, 2.05) is 4.90 Å². The zero-order valence-corrected chi connectivity index (χ0v) is 17.7. The van der Waals surface area contributed by atoms with Gasteiger partial charge < -0.3 is 10.2 Å². The molecule has 1 aromatic rings. The molecule has 1 saturated heterocycles. The summed E-state index contributed by atoms with van der Waals surface area (Å²) in [7, 11) is -1.51. The van der Waals surface area contributed by atoms with Gasteiger partial charge in [-0.2, -0.15) is 0 Å². The highest BCUT2D eigenvalue weighted by Crippen LogP contribution is 2.23. The molecule has 1 heterocycles. The first-order chi connectivity index (χ1) is 11.2. The SMILES string of the molecule is CN=C(NCCc1cc(F)ccc1F)N1CCS(=O)(=O)C(C)(C)C1.I. The number of halogens is 3. The Morgan fingerprint density at radius 2 is 2.04 bits per heavy atom. The van der Waals surface area contributed by atoms with Crippen molar-refractivity contribution in [1.29, 1.82) is 0 Å². The largest absolute Gasteiger partial charge is 0.356 e. The minimum absolute atomic E-state index is 0. The molecule has 1 fully saturated rings. The van der Waals surface area contributed by atoms with Gasteiger partial charge in [0.05, 0.1) is 10.5 Å². The molecule has 2 rings (SSSR count). The highest BCUT2D eigenvalue weighted by atomic mass is 127. The van der Waals surface area contributed by atoms with Crippen LogP contribution >= 0.6 is 24.0 Å². The normalized spacial score (nSPS) is 19.2. The van der Waals surface area contributed by atoms with Crippen LogP contribution in [-0.2, 0) is 16.3 Å². The molecule has 0 aliphatic carbocycles. The van der Waals surface area contributed by atoms with E-state index in [1.165, 1.54) is 6.07 Å². The fourth-order valence-electron chi connectivity index (χ4n) is 2.70. The lowest BCUT2D eigenvalue weighted by molar-refractivity contribution is 0.353. The summed E-state index contributed by atoms with van der Waals surface area (Å²) >= 11 is 0. The Balaban J connectivity index is 0.00000312. The van der Waals surface area contributed by atoms with E-state index < -0.39 is 26.2 Å². The molecule has 1 aliphatic heterocycles. The number of aliphatic imine (C=N–C) groups is 1. The van der Waals surface area contributed by atoms with Gasteiger partial charge >= 0.3 is 0 Å². The van der Waals surface area contributed by atoms with Crippen molar-refractivity contribution in [3.8, 4) is 0 Å². The highest BCUT2D eigenvalue weighted by Gasteiger charge is 2.40. The fourth-order valence-corrected chi connectivity index (χ4v) is 4.07. The first kappa shape index (κ1) is 22.1. The summed E-state index contributed by atoms with van der Waals surface area (Å²) in [6, 6.07) is 3.37. The third-order valence-corrected chi connectivity index (χ3v) is 6.77. The maximum Gasteiger partial charge on any atom is 0.193 e. The molecule has 0 saturated carbocycles. The third kappa shape index (κ3) is 5.25. The van der Waals surface area contributed by atoms with Gasteiger partial charge in [-0.15, -0.1) is 24.0 Å². The van der Waals surface area contributed by atoms with Gasteiger partial charge in [-0.1, -0.05) is 0 Å². The molecule has 1 aliphatic rings. The monoisotopic (exact) mass is 487 g/mol. The summed E-state index contributed by atoms with van der Waals surface area (Å²) in [6.45, 7) is 4.47. The van der Waals surface area contributed by atoms with Gasteiger partial charge in [0.1, 0.15) is 11.6 Å². The molecule has 0 radical (unpaired) electrons. The number of sulfone groups is 1. The second-order valence-corrected chi connectivity index (χ2v) is 9.20. The number of nitrogens with one attached hydrogen (secondary N) is 1. The lowest BCUT2D eigenvalue weighted by Gasteiger charge is -2.39. The summed E-state index contributed by atoms with van der Waals surface area (Å²) in [4.78, 5) is 6.04. The van der Waals surface area contributed by atoms with E-state index >= 15 is 0 Å². The first-order valence-electron chi connectivity index (χ1n) is 7.78. The fraction of sp³-hybridized carbons (Fsp3) is 0.562. The second-order valence-electron chi connectivity index (χ2n) is 6.46. The van der Waals surface area contributed by atoms with Crippen LogP contribution < -0.4 is 5.32 Å². The molecule has 0 atom stereocenters. The summed E-state index contributed by atoms with van der Waals surface area (Å²) in [6.07, 6.45) is 0.304. The smallest absolute Gasteiger partial charge is 0.193 e. The van der Waals surface area contributed by atoms with Crippen molar-refractivity contribution in [1.82, 2.24) is 10.2 Å². The molecule has 0 unspecified atom stereocenters.